The zero-order chi connectivity index (χ0) is 18.4. The largest absolute Gasteiger partial charge is 0.348 e. The number of amides is 2. The Morgan fingerprint density at radius 1 is 0.808 bits per heavy atom. The van der Waals surface area contributed by atoms with Gasteiger partial charge in [-0.2, -0.15) is 0 Å². The van der Waals surface area contributed by atoms with Gasteiger partial charge >= 0.3 is 0 Å². The maximum absolute atomic E-state index is 12.7. The molecule has 0 saturated carbocycles. The number of nitrogens with one attached hydrogen (secondary N) is 1. The fourth-order valence-corrected chi connectivity index (χ4v) is 2.64. The van der Waals surface area contributed by atoms with Crippen molar-refractivity contribution in [2.45, 2.75) is 6.54 Å². The molecule has 4 heteroatoms. The third kappa shape index (κ3) is 4.16. The third-order valence-electron chi connectivity index (χ3n) is 4.12. The number of benzene rings is 3. The van der Waals surface area contributed by atoms with Crippen LogP contribution < -0.4 is 10.2 Å². The molecule has 0 bridgehead atoms. The van der Waals surface area contributed by atoms with Crippen molar-refractivity contribution >= 4 is 17.5 Å². The molecule has 130 valence electrons. The molecular weight excluding hydrogens is 324 g/mol. The lowest BCUT2D eigenvalue weighted by molar-refractivity contribution is 0.0951. The first-order valence-corrected chi connectivity index (χ1v) is 8.40. The van der Waals surface area contributed by atoms with Crippen molar-refractivity contribution in [1.29, 1.82) is 0 Å². The number of hydrogen-bond donors (Lipinski definition) is 1. The Morgan fingerprint density at radius 3 is 2.12 bits per heavy atom. The van der Waals surface area contributed by atoms with Crippen LogP contribution in [0.5, 0.6) is 0 Å². The van der Waals surface area contributed by atoms with E-state index in [9.17, 15) is 9.59 Å². The summed E-state index contributed by atoms with van der Waals surface area (Å²) >= 11 is 0. The molecule has 0 radical (unpaired) electrons. The fraction of sp³-hybridized carbons (Fsp3) is 0.0909. The number of anilines is 1. The molecule has 0 aromatic heterocycles. The highest BCUT2D eigenvalue weighted by molar-refractivity contribution is 6.07. The molecule has 0 saturated heterocycles. The second-order valence-corrected chi connectivity index (χ2v) is 5.95. The summed E-state index contributed by atoms with van der Waals surface area (Å²) in [7, 11) is 1.72. The van der Waals surface area contributed by atoms with Crippen LogP contribution in [0.3, 0.4) is 0 Å². The van der Waals surface area contributed by atoms with E-state index < -0.39 is 0 Å². The van der Waals surface area contributed by atoms with Crippen LogP contribution in [-0.4, -0.2) is 18.9 Å². The fourth-order valence-electron chi connectivity index (χ4n) is 2.64. The third-order valence-corrected chi connectivity index (χ3v) is 4.12. The molecule has 4 nitrogen and oxygen atoms in total. The van der Waals surface area contributed by atoms with E-state index in [1.807, 2.05) is 60.7 Å². The van der Waals surface area contributed by atoms with Gasteiger partial charge in [-0.05, 0) is 35.9 Å². The minimum atomic E-state index is -0.203. The van der Waals surface area contributed by atoms with Crippen molar-refractivity contribution in [2.75, 3.05) is 11.9 Å². The van der Waals surface area contributed by atoms with E-state index in [-0.39, 0.29) is 11.8 Å². The summed E-state index contributed by atoms with van der Waals surface area (Å²) in [6, 6.07) is 25.9. The number of carbonyl (C=O) groups is 2. The Kier molecular flexibility index (Phi) is 5.44. The second kappa shape index (κ2) is 8.12. The predicted molar refractivity (Wildman–Crippen MR) is 103 cm³/mol. The van der Waals surface area contributed by atoms with Crippen LogP contribution in [0, 0.1) is 0 Å². The van der Waals surface area contributed by atoms with E-state index in [4.69, 9.17) is 0 Å². The van der Waals surface area contributed by atoms with Gasteiger partial charge in [0.1, 0.15) is 0 Å². The minimum Gasteiger partial charge on any atom is -0.348 e. The molecule has 0 aliphatic carbocycles. The number of hydrogen-bond acceptors (Lipinski definition) is 2. The first-order valence-electron chi connectivity index (χ1n) is 8.40. The summed E-state index contributed by atoms with van der Waals surface area (Å²) in [6.45, 7) is 0.446. The zero-order valence-electron chi connectivity index (χ0n) is 14.6. The van der Waals surface area contributed by atoms with Crippen molar-refractivity contribution in [3.63, 3.8) is 0 Å². The Bertz CT molecular complexity index is 892. The van der Waals surface area contributed by atoms with E-state index in [1.165, 1.54) is 0 Å². The van der Waals surface area contributed by atoms with Crippen LogP contribution in [0.1, 0.15) is 26.3 Å². The molecule has 0 unspecified atom stereocenters. The average Bonchev–Trinajstić information content (AvgIpc) is 2.72. The lowest BCUT2D eigenvalue weighted by atomic mass is 10.1. The monoisotopic (exact) mass is 344 g/mol. The normalized spacial score (nSPS) is 10.2. The highest BCUT2D eigenvalue weighted by atomic mass is 16.2. The van der Waals surface area contributed by atoms with Gasteiger partial charge in [-0.1, -0.05) is 54.6 Å². The number of rotatable bonds is 5. The summed E-state index contributed by atoms with van der Waals surface area (Å²) in [5, 5.41) is 2.88. The number of nitrogens with zero attached hydrogens (tertiary/aromatic N) is 1. The molecule has 0 heterocycles. The van der Waals surface area contributed by atoms with Crippen molar-refractivity contribution in [3.8, 4) is 0 Å². The summed E-state index contributed by atoms with van der Waals surface area (Å²) < 4.78 is 0. The van der Waals surface area contributed by atoms with Crippen LogP contribution in [0.15, 0.2) is 84.9 Å². The van der Waals surface area contributed by atoms with Gasteiger partial charge in [0.2, 0.25) is 0 Å². The lowest BCUT2D eigenvalue weighted by Crippen LogP contribution is -2.27. The van der Waals surface area contributed by atoms with Crippen LogP contribution in [0.25, 0.3) is 0 Å². The molecule has 0 aliphatic heterocycles. The van der Waals surface area contributed by atoms with Crippen LogP contribution in [-0.2, 0) is 6.54 Å². The van der Waals surface area contributed by atoms with E-state index in [0.29, 0.717) is 17.7 Å². The molecule has 0 spiro atoms. The molecule has 3 aromatic carbocycles. The highest BCUT2D eigenvalue weighted by Crippen LogP contribution is 2.16. The Hall–Kier alpha value is -3.40. The lowest BCUT2D eigenvalue weighted by Gasteiger charge is -2.17. The van der Waals surface area contributed by atoms with Gasteiger partial charge in [0.25, 0.3) is 11.8 Å². The first-order chi connectivity index (χ1) is 12.6. The first kappa shape index (κ1) is 17.4. The highest BCUT2D eigenvalue weighted by Gasteiger charge is 2.15. The van der Waals surface area contributed by atoms with Crippen molar-refractivity contribution in [1.82, 2.24) is 5.32 Å². The minimum absolute atomic E-state index is 0.158. The van der Waals surface area contributed by atoms with Gasteiger partial charge in [0.05, 0.1) is 0 Å². The van der Waals surface area contributed by atoms with Gasteiger partial charge in [-0.15, -0.1) is 0 Å². The molecule has 3 rings (SSSR count). The van der Waals surface area contributed by atoms with Gasteiger partial charge < -0.3 is 10.2 Å². The van der Waals surface area contributed by atoms with Crippen LogP contribution in [0.2, 0.25) is 0 Å². The van der Waals surface area contributed by atoms with Crippen molar-refractivity contribution in [2.24, 2.45) is 0 Å². The molecule has 0 aliphatic rings. The SMILES string of the molecule is CN(C(=O)c1cccc(C(=O)NCc2ccccc2)c1)c1ccccc1. The quantitative estimate of drug-likeness (QED) is 0.763. The molecule has 2 amide bonds. The van der Waals surface area contributed by atoms with Gasteiger partial charge in [0.15, 0.2) is 0 Å². The average molecular weight is 344 g/mol. The van der Waals surface area contributed by atoms with Crippen LogP contribution >= 0.6 is 0 Å². The Labute approximate surface area is 153 Å². The summed E-state index contributed by atoms with van der Waals surface area (Å²) in [5.74, 6) is -0.361. The molecule has 0 fully saturated rings. The topological polar surface area (TPSA) is 49.4 Å². The summed E-state index contributed by atoms with van der Waals surface area (Å²) in [6.07, 6.45) is 0. The molecule has 1 N–H and O–H groups in total. The second-order valence-electron chi connectivity index (χ2n) is 5.95. The maximum Gasteiger partial charge on any atom is 0.258 e. The summed E-state index contributed by atoms with van der Waals surface area (Å²) in [4.78, 5) is 26.7. The molecule has 0 atom stereocenters. The van der Waals surface area contributed by atoms with Gasteiger partial charge in [-0.25, -0.2) is 0 Å². The van der Waals surface area contributed by atoms with Crippen molar-refractivity contribution < 1.29 is 9.59 Å². The van der Waals surface area contributed by atoms with E-state index >= 15 is 0 Å². The standard InChI is InChI=1S/C22H20N2O2/c1-24(20-13-6-3-7-14-20)22(26)19-12-8-11-18(15-19)21(25)23-16-17-9-4-2-5-10-17/h2-15H,16H2,1H3,(H,23,25). The zero-order valence-corrected chi connectivity index (χ0v) is 14.6. The Morgan fingerprint density at radius 2 is 1.42 bits per heavy atom. The molecular formula is C22H20N2O2. The van der Waals surface area contributed by atoms with Crippen LogP contribution in [0.4, 0.5) is 5.69 Å². The number of carbonyl (C=O) groups excluding carboxylic acids is 2. The van der Waals surface area contributed by atoms with E-state index in [1.54, 1.807) is 36.2 Å². The van der Waals surface area contributed by atoms with Gasteiger partial charge in [0, 0.05) is 30.4 Å². The predicted octanol–water partition coefficient (Wildman–Crippen LogP) is 3.89. The van der Waals surface area contributed by atoms with E-state index in [2.05, 4.69) is 5.32 Å². The smallest absolute Gasteiger partial charge is 0.258 e. The molecule has 3 aromatic rings. The number of para-hydroxylation sites is 1. The van der Waals surface area contributed by atoms with Crippen molar-refractivity contribution in [3.05, 3.63) is 102 Å². The molecule has 26 heavy (non-hydrogen) atoms. The summed E-state index contributed by atoms with van der Waals surface area (Å²) in [5.41, 5.74) is 2.77. The van der Waals surface area contributed by atoms with E-state index in [0.717, 1.165) is 11.3 Å². The van der Waals surface area contributed by atoms with Gasteiger partial charge in [-0.3, -0.25) is 9.59 Å². The maximum atomic E-state index is 12.7. The Balaban J connectivity index is 1.71.